The molecule has 120 valence electrons. The summed E-state index contributed by atoms with van der Waals surface area (Å²) >= 11 is 0. The smallest absolute Gasteiger partial charge is 0.312 e. The first-order valence-electron chi connectivity index (χ1n) is 6.51. The van der Waals surface area contributed by atoms with E-state index in [9.17, 15) is 21.6 Å². The molecule has 1 aliphatic heterocycles. The van der Waals surface area contributed by atoms with Crippen LogP contribution in [0.2, 0.25) is 0 Å². The van der Waals surface area contributed by atoms with E-state index in [0.29, 0.717) is 12.6 Å². The van der Waals surface area contributed by atoms with Gasteiger partial charge in [0, 0.05) is 25.7 Å². The van der Waals surface area contributed by atoms with Gasteiger partial charge in [-0.2, -0.15) is 22.7 Å². The number of piperazine rings is 1. The van der Waals surface area contributed by atoms with Gasteiger partial charge in [-0.15, -0.1) is 0 Å². The highest BCUT2D eigenvalue weighted by molar-refractivity contribution is 7.89. The number of nitrogens with zero attached hydrogens (tertiary/aromatic N) is 2. The van der Waals surface area contributed by atoms with Crippen LogP contribution in [0.15, 0.2) is 23.1 Å². The summed E-state index contributed by atoms with van der Waals surface area (Å²) in [5, 5.41) is 11.8. The van der Waals surface area contributed by atoms with E-state index in [-0.39, 0.29) is 19.1 Å². The molecule has 0 saturated carbocycles. The van der Waals surface area contributed by atoms with Crippen LogP contribution in [0.1, 0.15) is 18.1 Å². The molecule has 1 aliphatic rings. The number of hydrogen-bond acceptors (Lipinski definition) is 4. The number of hydrogen-bond donors (Lipinski definition) is 1. The monoisotopic (exact) mass is 333 g/mol. The second kappa shape index (κ2) is 5.87. The zero-order chi connectivity index (χ0) is 16.5. The number of alkyl halides is 3. The Morgan fingerprint density at radius 3 is 2.64 bits per heavy atom. The van der Waals surface area contributed by atoms with Crippen LogP contribution in [0.4, 0.5) is 13.2 Å². The molecule has 0 bridgehead atoms. The van der Waals surface area contributed by atoms with E-state index in [0.717, 1.165) is 16.4 Å². The summed E-state index contributed by atoms with van der Waals surface area (Å²) in [6, 6.07) is 3.81. The van der Waals surface area contributed by atoms with E-state index in [1.54, 1.807) is 6.92 Å². The quantitative estimate of drug-likeness (QED) is 0.891. The molecule has 0 spiro atoms. The fourth-order valence-corrected chi connectivity index (χ4v) is 3.84. The molecule has 1 aromatic rings. The van der Waals surface area contributed by atoms with Gasteiger partial charge in [-0.3, -0.25) is 0 Å². The molecule has 0 aliphatic carbocycles. The van der Waals surface area contributed by atoms with Crippen molar-refractivity contribution >= 4 is 10.0 Å². The second-order valence-corrected chi connectivity index (χ2v) is 6.97. The highest BCUT2D eigenvalue weighted by atomic mass is 32.2. The van der Waals surface area contributed by atoms with Crippen molar-refractivity contribution in [1.29, 1.82) is 5.26 Å². The van der Waals surface area contributed by atoms with Crippen molar-refractivity contribution in [2.45, 2.75) is 24.0 Å². The van der Waals surface area contributed by atoms with Gasteiger partial charge in [0.25, 0.3) is 0 Å². The van der Waals surface area contributed by atoms with E-state index < -0.39 is 32.2 Å². The van der Waals surface area contributed by atoms with E-state index in [1.807, 2.05) is 0 Å². The minimum Gasteiger partial charge on any atom is -0.312 e. The first kappa shape index (κ1) is 16.7. The summed E-state index contributed by atoms with van der Waals surface area (Å²) < 4.78 is 64.9. The molecule has 0 radical (unpaired) electrons. The second-order valence-electron chi connectivity index (χ2n) is 5.04. The van der Waals surface area contributed by atoms with Crippen molar-refractivity contribution in [3.8, 4) is 6.07 Å². The molecule has 1 saturated heterocycles. The summed E-state index contributed by atoms with van der Waals surface area (Å²) in [6.45, 7) is 2.60. The lowest BCUT2D eigenvalue weighted by atomic mass is 10.1. The minimum absolute atomic E-state index is 0.0796. The number of rotatable bonds is 2. The summed E-state index contributed by atoms with van der Waals surface area (Å²) in [6.07, 6.45) is -4.78. The Hall–Kier alpha value is -1.63. The first-order valence-corrected chi connectivity index (χ1v) is 7.95. The van der Waals surface area contributed by atoms with Crippen molar-refractivity contribution in [3.63, 3.8) is 0 Å². The van der Waals surface area contributed by atoms with Crippen LogP contribution in [0.3, 0.4) is 0 Å². The zero-order valence-corrected chi connectivity index (χ0v) is 12.5. The standard InChI is InChI=1S/C13H14F3N3O2S/c1-9-8-19(5-4-18-9)22(20,21)11-3-2-10(7-17)12(6-11)13(14,15)16/h2-3,6,9,18H,4-5,8H2,1H3. The normalized spacial score (nSPS) is 20.6. The Morgan fingerprint density at radius 2 is 2.09 bits per heavy atom. The van der Waals surface area contributed by atoms with E-state index in [2.05, 4.69) is 5.32 Å². The molecule has 2 rings (SSSR count). The predicted molar refractivity (Wildman–Crippen MR) is 72.4 cm³/mol. The maximum absolute atomic E-state index is 12.9. The third-order valence-electron chi connectivity index (χ3n) is 3.39. The third-order valence-corrected chi connectivity index (χ3v) is 5.25. The van der Waals surface area contributed by atoms with Gasteiger partial charge in [-0.05, 0) is 25.1 Å². The maximum atomic E-state index is 12.9. The molecular weight excluding hydrogens is 319 g/mol. The topological polar surface area (TPSA) is 73.2 Å². The van der Waals surface area contributed by atoms with Crippen LogP contribution in [0.25, 0.3) is 0 Å². The lowest BCUT2D eigenvalue weighted by Gasteiger charge is -2.31. The van der Waals surface area contributed by atoms with E-state index in [4.69, 9.17) is 5.26 Å². The lowest BCUT2D eigenvalue weighted by molar-refractivity contribution is -0.137. The van der Waals surface area contributed by atoms with Crippen LogP contribution in [-0.2, 0) is 16.2 Å². The summed E-state index contributed by atoms with van der Waals surface area (Å²) in [5.41, 5.74) is -1.83. The van der Waals surface area contributed by atoms with Gasteiger partial charge >= 0.3 is 6.18 Å². The zero-order valence-electron chi connectivity index (χ0n) is 11.7. The van der Waals surface area contributed by atoms with Crippen molar-refractivity contribution in [2.24, 2.45) is 0 Å². The molecule has 22 heavy (non-hydrogen) atoms. The van der Waals surface area contributed by atoms with Crippen LogP contribution >= 0.6 is 0 Å². The Morgan fingerprint density at radius 1 is 1.41 bits per heavy atom. The molecule has 0 aromatic heterocycles. The van der Waals surface area contributed by atoms with Crippen LogP contribution < -0.4 is 5.32 Å². The molecule has 1 atom stereocenters. The molecule has 1 N–H and O–H groups in total. The van der Waals surface area contributed by atoms with Gasteiger partial charge in [0.1, 0.15) is 0 Å². The van der Waals surface area contributed by atoms with Crippen LogP contribution in [-0.4, -0.2) is 38.4 Å². The fraction of sp³-hybridized carbons (Fsp3) is 0.462. The molecule has 0 amide bonds. The van der Waals surface area contributed by atoms with Crippen molar-refractivity contribution in [1.82, 2.24) is 9.62 Å². The number of nitrogens with one attached hydrogen (secondary N) is 1. The SMILES string of the molecule is CC1CN(S(=O)(=O)c2ccc(C#N)c(C(F)(F)F)c2)CCN1. The average molecular weight is 333 g/mol. The number of sulfonamides is 1. The Bertz CT molecular complexity index is 710. The Kier molecular flexibility index (Phi) is 4.47. The van der Waals surface area contributed by atoms with Crippen LogP contribution in [0.5, 0.6) is 0 Å². The van der Waals surface area contributed by atoms with Crippen molar-refractivity contribution in [2.75, 3.05) is 19.6 Å². The largest absolute Gasteiger partial charge is 0.417 e. The summed E-state index contributed by atoms with van der Waals surface area (Å²) in [4.78, 5) is -0.451. The van der Waals surface area contributed by atoms with Gasteiger partial charge in [-0.1, -0.05) is 0 Å². The maximum Gasteiger partial charge on any atom is 0.417 e. The molecule has 1 unspecified atom stereocenters. The molecule has 9 heteroatoms. The Balaban J connectivity index is 2.46. The fourth-order valence-electron chi connectivity index (χ4n) is 2.28. The van der Waals surface area contributed by atoms with Gasteiger partial charge in [0.15, 0.2) is 0 Å². The molecule has 1 fully saturated rings. The Labute approximate surface area is 126 Å². The highest BCUT2D eigenvalue weighted by Crippen LogP contribution is 2.34. The van der Waals surface area contributed by atoms with Crippen molar-refractivity contribution < 1.29 is 21.6 Å². The molecular formula is C13H14F3N3O2S. The minimum atomic E-state index is -4.78. The van der Waals surface area contributed by atoms with Gasteiger partial charge in [0.2, 0.25) is 10.0 Å². The summed E-state index contributed by atoms with van der Waals surface area (Å²) in [5.74, 6) is 0. The number of halogens is 3. The third kappa shape index (κ3) is 3.24. The molecule has 5 nitrogen and oxygen atoms in total. The van der Waals surface area contributed by atoms with Gasteiger partial charge in [0.05, 0.1) is 22.1 Å². The highest BCUT2D eigenvalue weighted by Gasteiger charge is 2.36. The molecule has 1 heterocycles. The first-order chi connectivity index (χ1) is 10.2. The number of benzene rings is 1. The van der Waals surface area contributed by atoms with Crippen LogP contribution in [0, 0.1) is 11.3 Å². The van der Waals surface area contributed by atoms with Crippen molar-refractivity contribution in [3.05, 3.63) is 29.3 Å². The lowest BCUT2D eigenvalue weighted by Crippen LogP contribution is -2.51. The van der Waals surface area contributed by atoms with Gasteiger partial charge < -0.3 is 5.32 Å². The van der Waals surface area contributed by atoms with E-state index >= 15 is 0 Å². The molecule has 1 aromatic carbocycles. The van der Waals surface area contributed by atoms with Gasteiger partial charge in [-0.25, -0.2) is 8.42 Å². The predicted octanol–water partition coefficient (Wildman–Crippen LogP) is 1.56. The summed E-state index contributed by atoms with van der Waals surface area (Å²) in [7, 11) is -4.02. The van der Waals surface area contributed by atoms with E-state index in [1.165, 1.54) is 6.07 Å². The number of nitriles is 1. The average Bonchev–Trinajstić information content (AvgIpc) is 2.45.